The first-order chi connectivity index (χ1) is 6.88. The fourth-order valence-corrected chi connectivity index (χ4v) is 1.43. The summed E-state index contributed by atoms with van der Waals surface area (Å²) in [4.78, 5) is 0. The predicted octanol–water partition coefficient (Wildman–Crippen LogP) is 1.51. The van der Waals surface area contributed by atoms with E-state index in [4.69, 9.17) is 18.9 Å². The van der Waals surface area contributed by atoms with Crippen LogP contribution in [0, 0.1) is 0 Å². The van der Waals surface area contributed by atoms with Gasteiger partial charge < -0.3 is 18.9 Å². The predicted molar refractivity (Wildman–Crippen MR) is 59.0 cm³/mol. The minimum atomic E-state index is -0.402. The van der Waals surface area contributed by atoms with Crippen LogP contribution in [0.1, 0.15) is 0 Å². The zero-order chi connectivity index (χ0) is 10.2. The third kappa shape index (κ3) is 4.55. The second kappa shape index (κ2) is 8.01. The summed E-state index contributed by atoms with van der Waals surface area (Å²) < 4.78 is 21.6. The van der Waals surface area contributed by atoms with Crippen molar-refractivity contribution in [1.29, 1.82) is 0 Å². The third-order valence-electron chi connectivity index (χ3n) is 1.59. The largest absolute Gasteiger partial charge is 0.347 e. The number of halogens is 2. The number of ether oxygens (including phenoxy) is 4. The second-order valence-electron chi connectivity index (χ2n) is 2.60. The fourth-order valence-electron chi connectivity index (χ4n) is 1.06. The van der Waals surface area contributed by atoms with Gasteiger partial charge >= 0.3 is 0 Å². The average molecular weight is 334 g/mol. The zero-order valence-electron chi connectivity index (χ0n) is 7.79. The molecule has 14 heavy (non-hydrogen) atoms. The van der Waals surface area contributed by atoms with Gasteiger partial charge in [-0.15, -0.1) is 0 Å². The lowest BCUT2D eigenvalue weighted by molar-refractivity contribution is -0.317. The van der Waals surface area contributed by atoms with Gasteiger partial charge in [-0.2, -0.15) is 0 Å². The van der Waals surface area contributed by atoms with Crippen LogP contribution >= 0.6 is 31.9 Å². The maximum absolute atomic E-state index is 5.41. The lowest BCUT2D eigenvalue weighted by Gasteiger charge is -2.31. The maximum Gasteiger partial charge on any atom is 0.209 e. The Morgan fingerprint density at radius 2 is 1.36 bits per heavy atom. The van der Waals surface area contributed by atoms with E-state index in [2.05, 4.69) is 31.9 Å². The molecule has 0 unspecified atom stereocenters. The van der Waals surface area contributed by atoms with Gasteiger partial charge in [0.25, 0.3) is 0 Å². The molecule has 0 amide bonds. The van der Waals surface area contributed by atoms with Crippen molar-refractivity contribution in [2.24, 2.45) is 0 Å². The summed E-state index contributed by atoms with van der Waals surface area (Å²) in [6.45, 7) is 2.28. The Morgan fingerprint density at radius 3 is 1.71 bits per heavy atom. The molecule has 0 aromatic rings. The molecule has 1 aliphatic rings. The average Bonchev–Trinajstić information content (AvgIpc) is 2.24. The van der Waals surface area contributed by atoms with E-state index in [0.29, 0.717) is 26.4 Å². The topological polar surface area (TPSA) is 36.9 Å². The summed E-state index contributed by atoms with van der Waals surface area (Å²) in [5.41, 5.74) is 0. The molecule has 0 saturated carbocycles. The second-order valence-corrected chi connectivity index (χ2v) is 4.18. The lowest BCUT2D eigenvalue weighted by Crippen LogP contribution is -2.42. The van der Waals surface area contributed by atoms with Crippen LogP contribution < -0.4 is 0 Å². The molecule has 0 N–H and O–H groups in total. The summed E-state index contributed by atoms with van der Waals surface area (Å²) in [7, 11) is 0. The molecule has 0 spiro atoms. The van der Waals surface area contributed by atoms with Gasteiger partial charge in [-0.05, 0) is 0 Å². The Kier molecular flexibility index (Phi) is 7.36. The van der Waals surface area contributed by atoms with Crippen LogP contribution in [0.15, 0.2) is 0 Å². The van der Waals surface area contributed by atoms with Crippen LogP contribution in [-0.2, 0) is 18.9 Å². The molecule has 1 rings (SSSR count). The van der Waals surface area contributed by atoms with Crippen LogP contribution in [-0.4, -0.2) is 49.7 Å². The quantitative estimate of drug-likeness (QED) is 0.690. The van der Waals surface area contributed by atoms with Crippen LogP contribution in [0.4, 0.5) is 0 Å². The molecule has 1 aliphatic heterocycles. The van der Waals surface area contributed by atoms with Crippen LogP contribution in [0.3, 0.4) is 0 Å². The molecule has 1 fully saturated rings. The van der Waals surface area contributed by atoms with Gasteiger partial charge in [-0.1, -0.05) is 31.9 Å². The zero-order valence-corrected chi connectivity index (χ0v) is 11.0. The van der Waals surface area contributed by atoms with Gasteiger partial charge in [0.05, 0.1) is 26.4 Å². The molecule has 0 aromatic heterocycles. The summed E-state index contributed by atoms with van der Waals surface area (Å²) in [6, 6.07) is 0. The van der Waals surface area contributed by atoms with E-state index in [1.807, 2.05) is 0 Å². The van der Waals surface area contributed by atoms with E-state index in [1.165, 1.54) is 0 Å². The highest BCUT2D eigenvalue weighted by atomic mass is 79.9. The van der Waals surface area contributed by atoms with Crippen molar-refractivity contribution in [3.63, 3.8) is 0 Å². The van der Waals surface area contributed by atoms with E-state index < -0.39 is 12.6 Å². The summed E-state index contributed by atoms with van der Waals surface area (Å²) in [5, 5.41) is 1.55. The van der Waals surface area contributed by atoms with E-state index in [9.17, 15) is 0 Å². The number of alkyl halides is 2. The van der Waals surface area contributed by atoms with Crippen molar-refractivity contribution in [1.82, 2.24) is 0 Å². The molecule has 0 bridgehead atoms. The van der Waals surface area contributed by atoms with Crippen molar-refractivity contribution in [3.05, 3.63) is 0 Å². The lowest BCUT2D eigenvalue weighted by atomic mass is 10.5. The van der Waals surface area contributed by atoms with E-state index in [1.54, 1.807) is 0 Å². The first kappa shape index (κ1) is 12.9. The highest BCUT2D eigenvalue weighted by molar-refractivity contribution is 9.09. The molecular formula is C8H14Br2O4. The molecule has 1 heterocycles. The molecule has 2 atom stereocenters. The van der Waals surface area contributed by atoms with Gasteiger partial charge in [0, 0.05) is 10.7 Å². The highest BCUT2D eigenvalue weighted by Crippen LogP contribution is 2.13. The first-order valence-corrected chi connectivity index (χ1v) is 6.71. The SMILES string of the molecule is BrCCO[C@H]1OCCO[C@@H]1OCCBr. The van der Waals surface area contributed by atoms with Crippen LogP contribution in [0.5, 0.6) is 0 Å². The minimum Gasteiger partial charge on any atom is -0.347 e. The molecule has 6 heteroatoms. The molecular weight excluding hydrogens is 320 g/mol. The monoisotopic (exact) mass is 332 g/mol. The van der Waals surface area contributed by atoms with E-state index in [-0.39, 0.29) is 0 Å². The van der Waals surface area contributed by atoms with Crippen LogP contribution in [0.25, 0.3) is 0 Å². The molecule has 84 valence electrons. The van der Waals surface area contributed by atoms with Crippen molar-refractivity contribution in [3.8, 4) is 0 Å². The Balaban J connectivity index is 2.26. The molecule has 0 aromatic carbocycles. The molecule has 0 radical (unpaired) electrons. The summed E-state index contributed by atoms with van der Waals surface area (Å²) >= 11 is 6.56. The Labute approximate surface area is 100 Å². The van der Waals surface area contributed by atoms with Gasteiger partial charge in [0.1, 0.15) is 0 Å². The normalized spacial score (nSPS) is 27.9. The fraction of sp³-hybridized carbons (Fsp3) is 1.00. The summed E-state index contributed by atoms with van der Waals surface area (Å²) in [6.07, 6.45) is -0.805. The number of hydrogen-bond donors (Lipinski definition) is 0. The van der Waals surface area contributed by atoms with Crippen molar-refractivity contribution < 1.29 is 18.9 Å². The third-order valence-corrected chi connectivity index (χ3v) is 2.24. The molecule has 1 saturated heterocycles. The Bertz CT molecular complexity index is 131. The van der Waals surface area contributed by atoms with Gasteiger partial charge in [0.2, 0.25) is 12.6 Å². The van der Waals surface area contributed by atoms with Crippen molar-refractivity contribution in [2.45, 2.75) is 12.6 Å². The van der Waals surface area contributed by atoms with Crippen molar-refractivity contribution >= 4 is 31.9 Å². The molecule has 4 nitrogen and oxygen atoms in total. The highest BCUT2D eigenvalue weighted by Gasteiger charge is 2.28. The Hall–Kier alpha value is 0.800. The van der Waals surface area contributed by atoms with E-state index in [0.717, 1.165) is 10.7 Å². The van der Waals surface area contributed by atoms with Crippen molar-refractivity contribution in [2.75, 3.05) is 37.1 Å². The van der Waals surface area contributed by atoms with Gasteiger partial charge in [0.15, 0.2) is 0 Å². The van der Waals surface area contributed by atoms with Gasteiger partial charge in [-0.25, -0.2) is 0 Å². The number of hydrogen-bond acceptors (Lipinski definition) is 4. The maximum atomic E-state index is 5.41. The number of rotatable bonds is 6. The molecule has 0 aliphatic carbocycles. The van der Waals surface area contributed by atoms with Crippen LogP contribution in [0.2, 0.25) is 0 Å². The summed E-state index contributed by atoms with van der Waals surface area (Å²) in [5.74, 6) is 0. The van der Waals surface area contributed by atoms with E-state index >= 15 is 0 Å². The smallest absolute Gasteiger partial charge is 0.209 e. The van der Waals surface area contributed by atoms with Gasteiger partial charge in [-0.3, -0.25) is 0 Å². The standard InChI is InChI=1S/C8H14Br2O4/c9-1-3-11-7-8(12-4-2-10)14-6-5-13-7/h7-8H,1-6H2/t7-,8-/m0/s1. The minimum absolute atomic E-state index is 0.402. The first-order valence-electron chi connectivity index (χ1n) is 4.47. The Morgan fingerprint density at radius 1 is 0.929 bits per heavy atom.